The Morgan fingerprint density at radius 1 is 1.20 bits per heavy atom. The summed E-state index contributed by atoms with van der Waals surface area (Å²) < 4.78 is 17.9. The Hall–Kier alpha value is -2.57. The summed E-state index contributed by atoms with van der Waals surface area (Å²) in [4.78, 5) is 4.00. The molecule has 0 fully saturated rings. The van der Waals surface area contributed by atoms with E-state index in [2.05, 4.69) is 10.3 Å². The van der Waals surface area contributed by atoms with Gasteiger partial charge in [0.25, 0.3) is 0 Å². The fourth-order valence-electron chi connectivity index (χ4n) is 2.43. The van der Waals surface area contributed by atoms with Gasteiger partial charge >= 0.3 is 0 Å². The van der Waals surface area contributed by atoms with Gasteiger partial charge < -0.3 is 24.6 Å². The molecule has 0 bridgehead atoms. The van der Waals surface area contributed by atoms with Crippen LogP contribution in [0.15, 0.2) is 12.3 Å². The molecule has 2 N–H and O–H groups in total. The Morgan fingerprint density at radius 2 is 1.95 bits per heavy atom. The monoisotopic (exact) mass is 277 g/mol. The molecule has 0 saturated carbocycles. The molecule has 0 amide bonds. The van der Waals surface area contributed by atoms with Crippen LogP contribution in [0, 0.1) is 0 Å². The molecule has 106 valence electrons. The van der Waals surface area contributed by atoms with E-state index in [1.807, 2.05) is 6.07 Å². The number of aromatic hydroxyl groups is 1. The van der Waals surface area contributed by atoms with E-state index >= 15 is 0 Å². The number of anilines is 1. The largest absolute Gasteiger partial charge is 0.493 e. The fourth-order valence-corrected chi connectivity index (χ4v) is 2.43. The normalized spacial score (nSPS) is 12.2. The van der Waals surface area contributed by atoms with Crippen molar-refractivity contribution in [1.29, 1.82) is 0 Å². The number of methoxy groups -OCH3 is 3. The number of nitrogens with zero attached hydrogens (tertiary/aromatic N) is 2. The van der Waals surface area contributed by atoms with Gasteiger partial charge in [0.2, 0.25) is 17.6 Å². The third-order valence-corrected chi connectivity index (χ3v) is 3.29. The molecule has 7 nitrogen and oxygen atoms in total. The molecule has 2 aromatic rings. The first kappa shape index (κ1) is 12.5. The standard InChI is InChI=1S/C13H15N3O4/c1-18-9-4-8-7(11(19-2)12(9)20-3)5-14-13-15-10(17)6-16(8)13/h4,6,17H,5H2,1-3H3,(H,14,15). The number of benzene rings is 1. The van der Waals surface area contributed by atoms with Crippen molar-refractivity contribution in [3.8, 4) is 28.8 Å². The molecule has 0 atom stereocenters. The van der Waals surface area contributed by atoms with Crippen LogP contribution in [0.4, 0.5) is 5.95 Å². The first-order valence-electron chi connectivity index (χ1n) is 6.04. The van der Waals surface area contributed by atoms with Gasteiger partial charge in [0, 0.05) is 18.2 Å². The second kappa shape index (κ2) is 4.52. The van der Waals surface area contributed by atoms with E-state index < -0.39 is 0 Å². The predicted molar refractivity (Wildman–Crippen MR) is 72.2 cm³/mol. The summed E-state index contributed by atoms with van der Waals surface area (Å²) in [5.41, 5.74) is 1.75. The topological polar surface area (TPSA) is 77.8 Å². The second-order valence-corrected chi connectivity index (χ2v) is 4.29. The third-order valence-electron chi connectivity index (χ3n) is 3.29. The second-order valence-electron chi connectivity index (χ2n) is 4.29. The Morgan fingerprint density at radius 3 is 2.60 bits per heavy atom. The van der Waals surface area contributed by atoms with Crippen molar-refractivity contribution in [2.24, 2.45) is 0 Å². The lowest BCUT2D eigenvalue weighted by atomic mass is 10.1. The van der Waals surface area contributed by atoms with Gasteiger partial charge in [-0.05, 0) is 0 Å². The average Bonchev–Trinajstić information content (AvgIpc) is 2.85. The number of hydrogen-bond acceptors (Lipinski definition) is 6. The van der Waals surface area contributed by atoms with Crippen molar-refractivity contribution in [2.75, 3.05) is 26.6 Å². The van der Waals surface area contributed by atoms with Crippen LogP contribution in [0.3, 0.4) is 0 Å². The molecule has 1 aromatic heterocycles. The van der Waals surface area contributed by atoms with Crippen LogP contribution in [0.5, 0.6) is 23.1 Å². The molecular weight excluding hydrogens is 262 g/mol. The van der Waals surface area contributed by atoms with Crippen LogP contribution in [-0.2, 0) is 6.54 Å². The van der Waals surface area contributed by atoms with Crippen LogP contribution < -0.4 is 19.5 Å². The summed E-state index contributed by atoms with van der Waals surface area (Å²) in [5, 5.41) is 12.7. The van der Waals surface area contributed by atoms with Crippen LogP contribution in [-0.4, -0.2) is 36.0 Å². The van der Waals surface area contributed by atoms with Crippen molar-refractivity contribution in [1.82, 2.24) is 9.55 Å². The van der Waals surface area contributed by atoms with Crippen molar-refractivity contribution < 1.29 is 19.3 Å². The third kappa shape index (κ3) is 1.63. The zero-order valence-electron chi connectivity index (χ0n) is 11.4. The Balaban J connectivity index is 2.29. The number of fused-ring (bicyclic) bond motifs is 3. The molecule has 0 aliphatic carbocycles. The Bertz CT molecular complexity index is 666. The Kier molecular flexibility index (Phi) is 2.81. The highest BCUT2D eigenvalue weighted by Gasteiger charge is 2.26. The van der Waals surface area contributed by atoms with E-state index in [4.69, 9.17) is 14.2 Å². The molecule has 2 heterocycles. The van der Waals surface area contributed by atoms with E-state index in [-0.39, 0.29) is 5.88 Å². The van der Waals surface area contributed by atoms with Gasteiger partial charge in [0.15, 0.2) is 11.5 Å². The lowest BCUT2D eigenvalue weighted by molar-refractivity contribution is 0.322. The predicted octanol–water partition coefficient (Wildman–Crippen LogP) is 1.53. The first-order chi connectivity index (χ1) is 9.69. The maximum absolute atomic E-state index is 9.54. The maximum atomic E-state index is 9.54. The number of imidazole rings is 1. The molecule has 0 radical (unpaired) electrons. The highest BCUT2D eigenvalue weighted by Crippen LogP contribution is 2.45. The minimum atomic E-state index is -0.0471. The van der Waals surface area contributed by atoms with Gasteiger partial charge in [-0.2, -0.15) is 4.98 Å². The van der Waals surface area contributed by atoms with Crippen molar-refractivity contribution in [3.05, 3.63) is 17.8 Å². The Labute approximate surface area is 115 Å². The number of ether oxygens (including phenoxy) is 3. The summed E-state index contributed by atoms with van der Waals surface area (Å²) >= 11 is 0. The summed E-state index contributed by atoms with van der Waals surface area (Å²) in [7, 11) is 4.72. The number of aromatic nitrogens is 2. The lowest BCUT2D eigenvalue weighted by Crippen LogP contribution is -2.16. The van der Waals surface area contributed by atoms with Crippen LogP contribution in [0.25, 0.3) is 5.69 Å². The fraction of sp³-hybridized carbons (Fsp3) is 0.308. The minimum Gasteiger partial charge on any atom is -0.493 e. The summed E-state index contributed by atoms with van der Waals surface area (Å²) in [6, 6.07) is 1.84. The summed E-state index contributed by atoms with van der Waals surface area (Å²) in [5.74, 6) is 2.24. The average molecular weight is 277 g/mol. The number of nitrogens with one attached hydrogen (secondary N) is 1. The van der Waals surface area contributed by atoms with Crippen LogP contribution >= 0.6 is 0 Å². The molecule has 7 heteroatoms. The van der Waals surface area contributed by atoms with E-state index in [9.17, 15) is 5.11 Å². The smallest absolute Gasteiger partial charge is 0.231 e. The quantitative estimate of drug-likeness (QED) is 0.886. The van der Waals surface area contributed by atoms with Crippen LogP contribution in [0.2, 0.25) is 0 Å². The van der Waals surface area contributed by atoms with Crippen molar-refractivity contribution >= 4 is 5.95 Å². The number of hydrogen-bond donors (Lipinski definition) is 2. The van der Waals surface area contributed by atoms with Gasteiger partial charge in [-0.1, -0.05) is 0 Å². The SMILES string of the molecule is COc1cc2c(c(OC)c1OC)CNc1nc(O)cn1-2. The van der Waals surface area contributed by atoms with Gasteiger partial charge in [-0.15, -0.1) is 0 Å². The highest BCUT2D eigenvalue weighted by molar-refractivity contribution is 5.68. The molecule has 0 saturated heterocycles. The van der Waals surface area contributed by atoms with E-state index in [1.165, 1.54) is 6.20 Å². The zero-order valence-corrected chi connectivity index (χ0v) is 11.4. The molecule has 0 unspecified atom stereocenters. The molecule has 1 aliphatic heterocycles. The van der Waals surface area contributed by atoms with Crippen LogP contribution in [0.1, 0.15) is 5.56 Å². The lowest BCUT2D eigenvalue weighted by Gasteiger charge is -2.24. The van der Waals surface area contributed by atoms with E-state index in [1.54, 1.807) is 25.9 Å². The molecule has 20 heavy (non-hydrogen) atoms. The highest BCUT2D eigenvalue weighted by atomic mass is 16.5. The molecule has 0 spiro atoms. The van der Waals surface area contributed by atoms with E-state index in [0.717, 1.165) is 11.3 Å². The van der Waals surface area contributed by atoms with E-state index in [0.29, 0.717) is 29.7 Å². The molecule has 1 aliphatic rings. The molecule has 1 aromatic carbocycles. The summed E-state index contributed by atoms with van der Waals surface area (Å²) in [6.07, 6.45) is 1.53. The zero-order chi connectivity index (χ0) is 14.3. The van der Waals surface area contributed by atoms with Gasteiger partial charge in [-0.25, -0.2) is 0 Å². The molecular formula is C13H15N3O4. The van der Waals surface area contributed by atoms with Crippen molar-refractivity contribution in [2.45, 2.75) is 6.54 Å². The summed E-state index contributed by atoms with van der Waals surface area (Å²) in [6.45, 7) is 0.523. The minimum absolute atomic E-state index is 0.0471. The maximum Gasteiger partial charge on any atom is 0.231 e. The first-order valence-corrected chi connectivity index (χ1v) is 6.04. The van der Waals surface area contributed by atoms with Crippen molar-refractivity contribution in [3.63, 3.8) is 0 Å². The van der Waals surface area contributed by atoms with Gasteiger partial charge in [0.05, 0.1) is 33.2 Å². The van der Waals surface area contributed by atoms with Gasteiger partial charge in [-0.3, -0.25) is 4.57 Å². The van der Waals surface area contributed by atoms with Gasteiger partial charge in [0.1, 0.15) is 0 Å². The number of rotatable bonds is 3. The molecule has 3 rings (SSSR count).